The molecule has 0 unspecified atom stereocenters. The average molecular weight is 333 g/mol. The van der Waals surface area contributed by atoms with Crippen molar-refractivity contribution < 1.29 is 14.3 Å². The third-order valence-electron chi connectivity index (χ3n) is 4.10. The highest BCUT2D eigenvalue weighted by Gasteiger charge is 2.24. The van der Waals surface area contributed by atoms with Crippen LogP contribution in [0.3, 0.4) is 0 Å². The largest absolute Gasteiger partial charge is 0.450 e. The van der Waals surface area contributed by atoms with Gasteiger partial charge in [-0.15, -0.1) is 0 Å². The number of hydrogen-bond acceptors (Lipinski definition) is 4. The summed E-state index contributed by atoms with van der Waals surface area (Å²) in [4.78, 5) is 25.3. The summed E-state index contributed by atoms with van der Waals surface area (Å²) >= 11 is 0. The monoisotopic (exact) mass is 333 g/mol. The number of carbonyl (C=O) groups excluding carboxylic acids is 2. The summed E-state index contributed by atoms with van der Waals surface area (Å²) in [6.07, 6.45) is 2.19. The van der Waals surface area contributed by atoms with Crippen LogP contribution in [0.1, 0.15) is 25.3 Å². The summed E-state index contributed by atoms with van der Waals surface area (Å²) < 4.78 is 4.99. The van der Waals surface area contributed by atoms with Crippen molar-refractivity contribution in [2.75, 3.05) is 32.8 Å². The molecule has 0 spiro atoms. The molecule has 1 aliphatic heterocycles. The molecule has 1 fully saturated rings. The predicted molar refractivity (Wildman–Crippen MR) is 92.8 cm³/mol. The Morgan fingerprint density at radius 2 is 1.92 bits per heavy atom. The van der Waals surface area contributed by atoms with E-state index in [9.17, 15) is 9.59 Å². The fraction of sp³-hybridized carbons (Fsp3) is 0.556. The Bertz CT molecular complexity index is 514. The van der Waals surface area contributed by atoms with E-state index in [2.05, 4.69) is 22.8 Å². The smallest absolute Gasteiger partial charge is 0.409 e. The molecule has 1 saturated heterocycles. The number of carbonyl (C=O) groups is 2. The topological polar surface area (TPSA) is 70.7 Å². The van der Waals surface area contributed by atoms with Crippen LogP contribution in [0.5, 0.6) is 0 Å². The van der Waals surface area contributed by atoms with Gasteiger partial charge >= 0.3 is 6.09 Å². The SMILES string of the molecule is CCOC(=O)N1CCC(NC(=O)CNCCc2ccccc2)CC1. The molecule has 2 amide bonds. The highest BCUT2D eigenvalue weighted by molar-refractivity contribution is 5.78. The zero-order chi connectivity index (χ0) is 17.2. The van der Waals surface area contributed by atoms with Gasteiger partial charge in [0.1, 0.15) is 0 Å². The van der Waals surface area contributed by atoms with Crippen LogP contribution in [0.25, 0.3) is 0 Å². The fourth-order valence-corrected chi connectivity index (χ4v) is 2.78. The zero-order valence-corrected chi connectivity index (χ0v) is 14.3. The minimum atomic E-state index is -0.259. The molecule has 1 aliphatic rings. The lowest BCUT2D eigenvalue weighted by atomic mass is 10.1. The summed E-state index contributed by atoms with van der Waals surface area (Å²) in [7, 11) is 0. The van der Waals surface area contributed by atoms with Gasteiger partial charge in [0.25, 0.3) is 0 Å². The summed E-state index contributed by atoms with van der Waals surface area (Å²) in [6.45, 7) is 4.56. The number of benzene rings is 1. The molecule has 0 bridgehead atoms. The van der Waals surface area contributed by atoms with E-state index in [0.717, 1.165) is 25.8 Å². The number of likely N-dealkylation sites (tertiary alicyclic amines) is 1. The van der Waals surface area contributed by atoms with Gasteiger partial charge in [-0.2, -0.15) is 0 Å². The zero-order valence-electron chi connectivity index (χ0n) is 14.3. The van der Waals surface area contributed by atoms with Crippen LogP contribution in [-0.2, 0) is 16.0 Å². The van der Waals surface area contributed by atoms with Crippen molar-refractivity contribution in [1.29, 1.82) is 0 Å². The molecule has 1 aromatic carbocycles. The number of amides is 2. The number of rotatable bonds is 7. The number of ether oxygens (including phenoxy) is 1. The van der Waals surface area contributed by atoms with Gasteiger partial charge < -0.3 is 20.3 Å². The van der Waals surface area contributed by atoms with E-state index in [1.54, 1.807) is 11.8 Å². The Morgan fingerprint density at radius 1 is 1.21 bits per heavy atom. The molecule has 0 saturated carbocycles. The summed E-state index contributed by atoms with van der Waals surface area (Å²) in [5.41, 5.74) is 1.26. The van der Waals surface area contributed by atoms with Crippen LogP contribution in [-0.4, -0.2) is 55.7 Å². The first-order chi connectivity index (χ1) is 11.7. The Morgan fingerprint density at radius 3 is 2.58 bits per heavy atom. The minimum Gasteiger partial charge on any atom is -0.450 e. The molecule has 1 heterocycles. The Kier molecular flexibility index (Phi) is 7.55. The summed E-state index contributed by atoms with van der Waals surface area (Å²) in [6, 6.07) is 10.3. The first-order valence-corrected chi connectivity index (χ1v) is 8.64. The van der Waals surface area contributed by atoms with Crippen molar-refractivity contribution in [3.05, 3.63) is 35.9 Å². The van der Waals surface area contributed by atoms with E-state index in [1.165, 1.54) is 5.56 Å². The van der Waals surface area contributed by atoms with Crippen molar-refractivity contribution in [2.24, 2.45) is 0 Å². The van der Waals surface area contributed by atoms with Gasteiger partial charge in [-0.3, -0.25) is 4.79 Å². The van der Waals surface area contributed by atoms with Gasteiger partial charge in [-0.05, 0) is 38.3 Å². The summed E-state index contributed by atoms with van der Waals surface area (Å²) in [5.74, 6) is 0.0117. The van der Waals surface area contributed by atoms with E-state index in [0.29, 0.717) is 26.2 Å². The van der Waals surface area contributed by atoms with Crippen molar-refractivity contribution in [3.63, 3.8) is 0 Å². The highest BCUT2D eigenvalue weighted by Crippen LogP contribution is 2.11. The Labute approximate surface area is 143 Å². The van der Waals surface area contributed by atoms with Crippen molar-refractivity contribution in [3.8, 4) is 0 Å². The quantitative estimate of drug-likeness (QED) is 0.743. The highest BCUT2D eigenvalue weighted by atomic mass is 16.6. The molecule has 0 atom stereocenters. The Balaban J connectivity index is 1.57. The van der Waals surface area contributed by atoms with Gasteiger partial charge in [0.15, 0.2) is 0 Å². The molecule has 0 aliphatic carbocycles. The second kappa shape index (κ2) is 9.93. The standard InChI is InChI=1S/C18H27N3O3/c1-2-24-18(23)21-12-9-16(10-13-21)20-17(22)14-19-11-8-15-6-4-3-5-7-15/h3-7,16,19H,2,8-14H2,1H3,(H,20,22). The van der Waals surface area contributed by atoms with E-state index in [-0.39, 0.29) is 18.0 Å². The molecule has 2 N–H and O–H groups in total. The normalized spacial score (nSPS) is 15.1. The molecule has 2 rings (SSSR count). The molecule has 0 aromatic heterocycles. The third-order valence-corrected chi connectivity index (χ3v) is 4.10. The molecule has 24 heavy (non-hydrogen) atoms. The maximum absolute atomic E-state index is 12.0. The maximum Gasteiger partial charge on any atom is 0.409 e. The van der Waals surface area contributed by atoms with Crippen molar-refractivity contribution in [2.45, 2.75) is 32.2 Å². The molecule has 1 aromatic rings. The lowest BCUT2D eigenvalue weighted by molar-refractivity contribution is -0.121. The second-order valence-corrected chi connectivity index (χ2v) is 5.94. The van der Waals surface area contributed by atoms with Crippen LogP contribution in [0.4, 0.5) is 4.79 Å². The van der Waals surface area contributed by atoms with E-state index in [1.807, 2.05) is 18.2 Å². The molecular weight excluding hydrogens is 306 g/mol. The molecule has 0 radical (unpaired) electrons. The van der Waals surface area contributed by atoms with Crippen LogP contribution in [0.2, 0.25) is 0 Å². The Hall–Kier alpha value is -2.08. The van der Waals surface area contributed by atoms with Crippen molar-refractivity contribution in [1.82, 2.24) is 15.5 Å². The predicted octanol–water partition coefficient (Wildman–Crippen LogP) is 1.56. The van der Waals surface area contributed by atoms with Crippen LogP contribution < -0.4 is 10.6 Å². The number of hydrogen-bond donors (Lipinski definition) is 2. The maximum atomic E-state index is 12.0. The molecule has 6 heteroatoms. The van der Waals surface area contributed by atoms with Crippen LogP contribution in [0, 0.1) is 0 Å². The fourth-order valence-electron chi connectivity index (χ4n) is 2.78. The lowest BCUT2D eigenvalue weighted by Crippen LogP contribution is -2.48. The number of piperidine rings is 1. The van der Waals surface area contributed by atoms with E-state index >= 15 is 0 Å². The third kappa shape index (κ3) is 6.20. The minimum absolute atomic E-state index is 0.0117. The van der Waals surface area contributed by atoms with Crippen LogP contribution >= 0.6 is 0 Å². The molecular formula is C18H27N3O3. The second-order valence-electron chi connectivity index (χ2n) is 5.94. The molecule has 6 nitrogen and oxygen atoms in total. The van der Waals surface area contributed by atoms with E-state index in [4.69, 9.17) is 4.74 Å². The first-order valence-electron chi connectivity index (χ1n) is 8.64. The summed E-state index contributed by atoms with van der Waals surface area (Å²) in [5, 5.41) is 6.20. The average Bonchev–Trinajstić information content (AvgIpc) is 2.60. The van der Waals surface area contributed by atoms with Crippen LogP contribution in [0.15, 0.2) is 30.3 Å². The van der Waals surface area contributed by atoms with E-state index < -0.39 is 0 Å². The van der Waals surface area contributed by atoms with Gasteiger partial charge in [-0.25, -0.2) is 4.79 Å². The lowest BCUT2D eigenvalue weighted by Gasteiger charge is -2.31. The first kappa shape index (κ1) is 18.3. The van der Waals surface area contributed by atoms with Gasteiger partial charge in [0.05, 0.1) is 13.2 Å². The molecule has 132 valence electrons. The number of nitrogens with zero attached hydrogens (tertiary/aromatic N) is 1. The van der Waals surface area contributed by atoms with Gasteiger partial charge in [-0.1, -0.05) is 30.3 Å². The van der Waals surface area contributed by atoms with Gasteiger partial charge in [0.2, 0.25) is 5.91 Å². The van der Waals surface area contributed by atoms with Gasteiger partial charge in [0, 0.05) is 19.1 Å². The van der Waals surface area contributed by atoms with Crippen molar-refractivity contribution >= 4 is 12.0 Å². The number of nitrogens with one attached hydrogen (secondary N) is 2.